The minimum atomic E-state index is 0.196. The molecule has 0 bridgehead atoms. The first-order chi connectivity index (χ1) is 7.84. The number of allylic oxidation sites excluding steroid dienone is 2. The Hall–Kier alpha value is -1.34. The van der Waals surface area contributed by atoms with Gasteiger partial charge >= 0.3 is 0 Å². The van der Waals surface area contributed by atoms with Crippen LogP contribution < -0.4 is 0 Å². The van der Waals surface area contributed by atoms with Crippen LogP contribution in [0.3, 0.4) is 0 Å². The van der Waals surface area contributed by atoms with Gasteiger partial charge in [0.05, 0.1) is 10.9 Å². The van der Waals surface area contributed by atoms with E-state index in [4.69, 9.17) is 11.6 Å². The van der Waals surface area contributed by atoms with E-state index in [-0.39, 0.29) is 5.38 Å². The second-order valence-corrected chi connectivity index (χ2v) is 4.68. The average Bonchev–Trinajstić information content (AvgIpc) is 2.75. The van der Waals surface area contributed by atoms with E-state index in [1.165, 1.54) is 16.5 Å². The van der Waals surface area contributed by atoms with Gasteiger partial charge in [-0.25, -0.2) is 0 Å². The molecule has 16 heavy (non-hydrogen) atoms. The molecule has 1 nitrogen and oxygen atoms in total. The number of rotatable bonds is 1. The fourth-order valence-electron chi connectivity index (χ4n) is 2.29. The van der Waals surface area contributed by atoms with Crippen LogP contribution in [0.1, 0.15) is 18.4 Å². The van der Waals surface area contributed by atoms with Crippen LogP contribution in [0, 0.1) is 0 Å². The van der Waals surface area contributed by atoms with Crippen LogP contribution in [0.5, 0.6) is 0 Å². The van der Waals surface area contributed by atoms with Gasteiger partial charge in [0, 0.05) is 11.6 Å². The highest BCUT2D eigenvalue weighted by molar-refractivity contribution is 6.22. The zero-order valence-corrected chi connectivity index (χ0v) is 9.61. The van der Waals surface area contributed by atoms with Gasteiger partial charge in [-0.3, -0.25) is 4.98 Å². The highest BCUT2D eigenvalue weighted by atomic mass is 35.5. The number of fused-ring (bicyclic) bond motifs is 1. The van der Waals surface area contributed by atoms with E-state index in [2.05, 4.69) is 29.3 Å². The van der Waals surface area contributed by atoms with Crippen molar-refractivity contribution in [3.8, 4) is 0 Å². The van der Waals surface area contributed by atoms with E-state index in [1.807, 2.05) is 18.3 Å². The standard InChI is InChI=1S/C14H12ClN/c15-11-7-6-10(9-11)12-3-1-5-14-13(12)4-2-8-16-14/h1-5,8-9,11H,6-7H2. The second kappa shape index (κ2) is 3.91. The summed E-state index contributed by atoms with van der Waals surface area (Å²) in [5.41, 5.74) is 3.70. The third-order valence-electron chi connectivity index (χ3n) is 3.06. The molecule has 1 aliphatic carbocycles. The maximum absolute atomic E-state index is 6.12. The fraction of sp³-hybridized carbons (Fsp3) is 0.214. The molecule has 0 aliphatic heterocycles. The molecular weight excluding hydrogens is 218 g/mol. The van der Waals surface area contributed by atoms with Crippen molar-refractivity contribution < 1.29 is 0 Å². The van der Waals surface area contributed by atoms with Crippen LogP contribution in [0.15, 0.2) is 42.6 Å². The number of hydrogen-bond donors (Lipinski definition) is 0. The second-order valence-electron chi connectivity index (χ2n) is 4.12. The quantitative estimate of drug-likeness (QED) is 0.673. The molecule has 0 N–H and O–H groups in total. The number of nitrogens with zero attached hydrogens (tertiary/aromatic N) is 1. The van der Waals surface area contributed by atoms with Crippen LogP contribution in [0.25, 0.3) is 16.5 Å². The molecule has 3 rings (SSSR count). The summed E-state index contributed by atoms with van der Waals surface area (Å²) < 4.78 is 0. The number of aromatic nitrogens is 1. The van der Waals surface area contributed by atoms with Gasteiger partial charge in [0.2, 0.25) is 0 Å². The third kappa shape index (κ3) is 1.61. The Balaban J connectivity index is 2.20. The summed E-state index contributed by atoms with van der Waals surface area (Å²) in [4.78, 5) is 4.37. The molecule has 2 aromatic rings. The van der Waals surface area contributed by atoms with Crippen molar-refractivity contribution in [2.24, 2.45) is 0 Å². The van der Waals surface area contributed by atoms with Crippen LogP contribution >= 0.6 is 11.6 Å². The molecule has 0 saturated carbocycles. The Morgan fingerprint density at radius 2 is 2.12 bits per heavy atom. The molecule has 1 atom stereocenters. The minimum Gasteiger partial charge on any atom is -0.256 e. The lowest BCUT2D eigenvalue weighted by molar-refractivity contribution is 0.942. The average molecular weight is 230 g/mol. The van der Waals surface area contributed by atoms with Gasteiger partial charge in [0.25, 0.3) is 0 Å². The van der Waals surface area contributed by atoms with Crippen molar-refractivity contribution in [2.45, 2.75) is 18.2 Å². The Bertz CT molecular complexity index is 554. The molecule has 1 aromatic heterocycles. The van der Waals surface area contributed by atoms with Gasteiger partial charge in [-0.1, -0.05) is 24.3 Å². The van der Waals surface area contributed by atoms with Crippen LogP contribution in [-0.2, 0) is 0 Å². The number of pyridine rings is 1. The predicted octanol–water partition coefficient (Wildman–Crippen LogP) is 4.02. The lowest BCUT2D eigenvalue weighted by Gasteiger charge is -2.06. The maximum atomic E-state index is 6.12. The molecule has 0 amide bonds. The van der Waals surface area contributed by atoms with Crippen LogP contribution in [0.2, 0.25) is 0 Å². The van der Waals surface area contributed by atoms with E-state index < -0.39 is 0 Å². The van der Waals surface area contributed by atoms with Crippen molar-refractivity contribution in [2.75, 3.05) is 0 Å². The van der Waals surface area contributed by atoms with Crippen molar-refractivity contribution >= 4 is 28.1 Å². The summed E-state index contributed by atoms with van der Waals surface area (Å²) in [7, 11) is 0. The van der Waals surface area contributed by atoms with Gasteiger partial charge in [0.1, 0.15) is 0 Å². The summed E-state index contributed by atoms with van der Waals surface area (Å²) in [5.74, 6) is 0. The largest absolute Gasteiger partial charge is 0.256 e. The van der Waals surface area contributed by atoms with E-state index >= 15 is 0 Å². The first-order valence-electron chi connectivity index (χ1n) is 5.53. The number of halogens is 1. The van der Waals surface area contributed by atoms with E-state index in [0.29, 0.717) is 0 Å². The molecule has 0 radical (unpaired) electrons. The molecule has 1 unspecified atom stereocenters. The summed E-state index contributed by atoms with van der Waals surface area (Å²) in [5, 5.41) is 1.42. The van der Waals surface area contributed by atoms with Gasteiger partial charge < -0.3 is 0 Å². The Kier molecular flexibility index (Phi) is 2.41. The Labute approximate surface area is 99.8 Å². The van der Waals surface area contributed by atoms with Crippen LogP contribution in [0.4, 0.5) is 0 Å². The van der Waals surface area contributed by atoms with Crippen molar-refractivity contribution in [3.05, 3.63) is 48.2 Å². The zero-order chi connectivity index (χ0) is 11.0. The lowest BCUT2D eigenvalue weighted by Crippen LogP contribution is -1.85. The smallest absolute Gasteiger partial charge is 0.0708 e. The lowest BCUT2D eigenvalue weighted by atomic mass is 10.0. The molecule has 0 saturated heterocycles. The SMILES string of the molecule is ClC1C=C(c2cccc3ncccc23)CC1. The Morgan fingerprint density at radius 3 is 2.94 bits per heavy atom. The summed E-state index contributed by atoms with van der Waals surface area (Å²) in [6.45, 7) is 0. The third-order valence-corrected chi connectivity index (χ3v) is 3.41. The molecule has 0 fully saturated rings. The van der Waals surface area contributed by atoms with Gasteiger partial charge in [-0.15, -0.1) is 11.6 Å². The molecule has 1 aromatic carbocycles. The molecule has 80 valence electrons. The van der Waals surface area contributed by atoms with Gasteiger partial charge in [-0.2, -0.15) is 0 Å². The zero-order valence-electron chi connectivity index (χ0n) is 8.86. The molecular formula is C14H12ClN. The highest BCUT2D eigenvalue weighted by Gasteiger charge is 2.16. The molecule has 1 aliphatic rings. The minimum absolute atomic E-state index is 0.196. The number of alkyl halides is 1. The highest BCUT2D eigenvalue weighted by Crippen LogP contribution is 2.33. The van der Waals surface area contributed by atoms with E-state index in [9.17, 15) is 0 Å². The first kappa shape index (κ1) is 9.86. The first-order valence-corrected chi connectivity index (χ1v) is 5.97. The Morgan fingerprint density at radius 1 is 1.19 bits per heavy atom. The van der Waals surface area contributed by atoms with Gasteiger partial charge in [0.15, 0.2) is 0 Å². The van der Waals surface area contributed by atoms with Crippen molar-refractivity contribution in [1.29, 1.82) is 0 Å². The summed E-state index contributed by atoms with van der Waals surface area (Å²) in [6, 6.07) is 10.4. The monoisotopic (exact) mass is 229 g/mol. The van der Waals surface area contributed by atoms with E-state index in [1.54, 1.807) is 0 Å². The summed E-state index contributed by atoms with van der Waals surface area (Å²) >= 11 is 6.12. The van der Waals surface area contributed by atoms with E-state index in [0.717, 1.165) is 18.4 Å². The predicted molar refractivity (Wildman–Crippen MR) is 68.6 cm³/mol. The number of benzene rings is 1. The molecule has 2 heteroatoms. The summed E-state index contributed by atoms with van der Waals surface area (Å²) in [6.07, 6.45) is 6.12. The topological polar surface area (TPSA) is 12.9 Å². The number of hydrogen-bond acceptors (Lipinski definition) is 1. The molecule has 0 spiro atoms. The fourth-order valence-corrected chi connectivity index (χ4v) is 2.55. The molecule has 1 heterocycles. The van der Waals surface area contributed by atoms with Crippen LogP contribution in [-0.4, -0.2) is 10.4 Å². The van der Waals surface area contributed by atoms with Gasteiger partial charge in [-0.05, 0) is 36.1 Å². The van der Waals surface area contributed by atoms with Crippen molar-refractivity contribution in [1.82, 2.24) is 4.98 Å². The maximum Gasteiger partial charge on any atom is 0.0708 e. The normalized spacial score (nSPS) is 20.1. The van der Waals surface area contributed by atoms with Crippen molar-refractivity contribution in [3.63, 3.8) is 0 Å².